The molecular formula is C19H22N4OS3. The minimum absolute atomic E-state index is 0.00474. The Morgan fingerprint density at radius 2 is 1.93 bits per heavy atom. The summed E-state index contributed by atoms with van der Waals surface area (Å²) < 4.78 is 0.773. The second kappa shape index (κ2) is 9.34. The number of nitrogens with zero attached hydrogens (tertiary/aromatic N) is 2. The average molecular weight is 419 g/mol. The zero-order chi connectivity index (χ0) is 19.2. The molecule has 0 unspecified atom stereocenters. The van der Waals surface area contributed by atoms with Crippen LogP contribution in [0, 0.1) is 0 Å². The van der Waals surface area contributed by atoms with Gasteiger partial charge in [-0.15, -0.1) is 21.5 Å². The summed E-state index contributed by atoms with van der Waals surface area (Å²) >= 11 is 4.49. The molecule has 27 heavy (non-hydrogen) atoms. The molecule has 0 radical (unpaired) electrons. The lowest BCUT2D eigenvalue weighted by Gasteiger charge is -2.11. The minimum Gasteiger partial charge on any atom is -0.348 e. The monoisotopic (exact) mass is 418 g/mol. The van der Waals surface area contributed by atoms with Crippen molar-refractivity contribution in [2.45, 2.75) is 37.1 Å². The van der Waals surface area contributed by atoms with Crippen molar-refractivity contribution >= 4 is 51.2 Å². The van der Waals surface area contributed by atoms with E-state index in [0.717, 1.165) is 20.0 Å². The van der Waals surface area contributed by atoms with E-state index >= 15 is 0 Å². The van der Waals surface area contributed by atoms with Crippen molar-refractivity contribution < 1.29 is 4.79 Å². The number of rotatable bonds is 8. The first-order valence-corrected chi connectivity index (χ1v) is 11.4. The smallest absolute Gasteiger partial charge is 0.230 e. The number of nitrogens with one attached hydrogen (secondary N) is 2. The number of aromatic nitrogens is 2. The van der Waals surface area contributed by atoms with Crippen LogP contribution >= 0.6 is 34.4 Å². The molecule has 8 heteroatoms. The van der Waals surface area contributed by atoms with Crippen LogP contribution in [0.15, 0.2) is 46.1 Å². The van der Waals surface area contributed by atoms with Crippen LogP contribution in [0.25, 0.3) is 0 Å². The number of carbonyl (C=O) groups excluding carboxylic acids is 1. The molecule has 0 saturated carbocycles. The first kappa shape index (κ1) is 19.9. The fourth-order valence-corrected chi connectivity index (χ4v) is 4.73. The molecule has 0 aliphatic carbocycles. The predicted octanol–water partition coefficient (Wildman–Crippen LogP) is 5.44. The number of amides is 1. The largest absolute Gasteiger partial charge is 0.348 e. The number of thiophene rings is 1. The van der Waals surface area contributed by atoms with Crippen molar-refractivity contribution in [3.05, 3.63) is 52.2 Å². The molecule has 2 aromatic heterocycles. The number of benzene rings is 1. The van der Waals surface area contributed by atoms with Crippen LogP contribution in [0.3, 0.4) is 0 Å². The molecule has 3 aromatic rings. The van der Waals surface area contributed by atoms with E-state index in [1.165, 1.54) is 28.7 Å². The third-order valence-corrected chi connectivity index (χ3v) is 6.94. The lowest BCUT2D eigenvalue weighted by Crippen LogP contribution is -2.27. The van der Waals surface area contributed by atoms with Crippen LogP contribution in [-0.4, -0.2) is 21.9 Å². The molecule has 2 N–H and O–H groups in total. The summed E-state index contributed by atoms with van der Waals surface area (Å²) in [6.07, 6.45) is 0. The van der Waals surface area contributed by atoms with Crippen LogP contribution in [0.4, 0.5) is 10.8 Å². The van der Waals surface area contributed by atoms with Gasteiger partial charge in [-0.3, -0.25) is 4.79 Å². The van der Waals surface area contributed by atoms with Gasteiger partial charge in [0.2, 0.25) is 11.0 Å². The normalized spacial score (nSPS) is 12.1. The lowest BCUT2D eigenvalue weighted by molar-refractivity contribution is -0.119. The van der Waals surface area contributed by atoms with E-state index in [0.29, 0.717) is 11.7 Å². The van der Waals surface area contributed by atoms with E-state index in [1.54, 1.807) is 11.3 Å². The number of carbonyl (C=O) groups is 1. The molecule has 0 saturated heterocycles. The van der Waals surface area contributed by atoms with Gasteiger partial charge in [0.15, 0.2) is 4.34 Å². The molecular weight excluding hydrogens is 396 g/mol. The topological polar surface area (TPSA) is 66.9 Å². The van der Waals surface area contributed by atoms with Gasteiger partial charge >= 0.3 is 0 Å². The molecule has 142 valence electrons. The molecule has 5 nitrogen and oxygen atoms in total. The zero-order valence-corrected chi connectivity index (χ0v) is 17.9. The second-order valence-corrected chi connectivity index (χ2v) is 9.55. The summed E-state index contributed by atoms with van der Waals surface area (Å²) in [5.41, 5.74) is 2.28. The van der Waals surface area contributed by atoms with E-state index in [1.807, 2.05) is 36.6 Å². The molecule has 0 bridgehead atoms. The molecule has 1 aromatic carbocycles. The Morgan fingerprint density at radius 3 is 2.59 bits per heavy atom. The van der Waals surface area contributed by atoms with Crippen molar-refractivity contribution in [1.82, 2.24) is 15.5 Å². The van der Waals surface area contributed by atoms with Crippen molar-refractivity contribution in [3.63, 3.8) is 0 Å². The van der Waals surface area contributed by atoms with Gasteiger partial charge in [0.25, 0.3) is 0 Å². The molecule has 0 aliphatic heterocycles. The molecule has 1 amide bonds. The van der Waals surface area contributed by atoms with E-state index < -0.39 is 0 Å². The average Bonchev–Trinajstić information content (AvgIpc) is 3.32. The number of anilines is 2. The highest BCUT2D eigenvalue weighted by atomic mass is 32.2. The van der Waals surface area contributed by atoms with E-state index in [9.17, 15) is 4.79 Å². The van der Waals surface area contributed by atoms with Crippen LogP contribution < -0.4 is 10.6 Å². The van der Waals surface area contributed by atoms with Crippen molar-refractivity contribution in [1.29, 1.82) is 0 Å². The Kier molecular flexibility index (Phi) is 6.87. The molecule has 0 aliphatic rings. The van der Waals surface area contributed by atoms with Crippen LogP contribution in [0.1, 0.15) is 43.2 Å². The summed E-state index contributed by atoms with van der Waals surface area (Å²) in [5.74, 6) is 0.833. The maximum absolute atomic E-state index is 12.1. The quantitative estimate of drug-likeness (QED) is 0.477. The lowest BCUT2D eigenvalue weighted by atomic mass is 10.0. The summed E-state index contributed by atoms with van der Waals surface area (Å²) in [7, 11) is 0. The third-order valence-electron chi connectivity index (χ3n) is 3.91. The van der Waals surface area contributed by atoms with E-state index in [-0.39, 0.29) is 11.9 Å². The van der Waals surface area contributed by atoms with Gasteiger partial charge in [-0.25, -0.2) is 0 Å². The van der Waals surface area contributed by atoms with Crippen LogP contribution in [0.5, 0.6) is 0 Å². The molecule has 1 atom stereocenters. The maximum Gasteiger partial charge on any atom is 0.230 e. The highest BCUT2D eigenvalue weighted by Gasteiger charge is 2.12. The number of thioether (sulfide) groups is 1. The highest BCUT2D eigenvalue weighted by molar-refractivity contribution is 8.01. The van der Waals surface area contributed by atoms with Gasteiger partial charge < -0.3 is 10.6 Å². The second-order valence-electron chi connectivity index (χ2n) is 6.37. The summed E-state index contributed by atoms with van der Waals surface area (Å²) in [6, 6.07) is 12.4. The Bertz CT molecular complexity index is 859. The van der Waals surface area contributed by atoms with Crippen LogP contribution in [-0.2, 0) is 4.79 Å². The summed E-state index contributed by atoms with van der Waals surface area (Å²) in [6.45, 7) is 6.34. The van der Waals surface area contributed by atoms with Crippen LogP contribution in [0.2, 0.25) is 0 Å². The predicted molar refractivity (Wildman–Crippen MR) is 115 cm³/mol. The Morgan fingerprint density at radius 1 is 1.15 bits per heavy atom. The fraction of sp³-hybridized carbons (Fsp3) is 0.316. The third kappa shape index (κ3) is 5.79. The van der Waals surface area contributed by atoms with E-state index in [4.69, 9.17) is 0 Å². The first-order valence-electron chi connectivity index (χ1n) is 8.67. The van der Waals surface area contributed by atoms with Gasteiger partial charge in [0.05, 0.1) is 11.8 Å². The van der Waals surface area contributed by atoms with Crippen molar-refractivity contribution in [2.75, 3.05) is 11.1 Å². The Balaban J connectivity index is 1.48. The van der Waals surface area contributed by atoms with Gasteiger partial charge in [-0.05, 0) is 42.0 Å². The molecule has 0 fully saturated rings. The van der Waals surface area contributed by atoms with Gasteiger partial charge in [0.1, 0.15) is 0 Å². The van der Waals surface area contributed by atoms with Gasteiger partial charge in [-0.2, -0.15) is 0 Å². The van der Waals surface area contributed by atoms with Gasteiger partial charge in [0, 0.05) is 10.6 Å². The summed E-state index contributed by atoms with van der Waals surface area (Å²) in [4.78, 5) is 13.3. The Labute approximate surface area is 171 Å². The fourth-order valence-electron chi connectivity index (χ4n) is 2.41. The minimum atomic E-state index is -0.00474. The molecule has 3 rings (SSSR count). The zero-order valence-electron chi connectivity index (χ0n) is 15.4. The maximum atomic E-state index is 12.1. The highest BCUT2D eigenvalue weighted by Crippen LogP contribution is 2.28. The van der Waals surface area contributed by atoms with Crippen molar-refractivity contribution in [3.8, 4) is 0 Å². The number of hydrogen-bond acceptors (Lipinski definition) is 7. The standard InChI is InChI=1S/C19H22N4OS3/c1-12(2)14-6-8-15(9-7-14)21-18-22-23-19(27-18)26-11-17(24)20-13(3)16-5-4-10-25-16/h4-10,12-13H,11H2,1-3H3,(H,20,24)(H,21,22)/t13-/m1/s1. The van der Waals surface area contributed by atoms with E-state index in [2.05, 4.69) is 46.8 Å². The van der Waals surface area contributed by atoms with Gasteiger partial charge in [-0.1, -0.05) is 55.1 Å². The molecule has 2 heterocycles. The molecule has 0 spiro atoms. The summed E-state index contributed by atoms with van der Waals surface area (Å²) in [5, 5.41) is 17.3. The Hall–Kier alpha value is -1.90. The van der Waals surface area contributed by atoms with Crippen molar-refractivity contribution in [2.24, 2.45) is 0 Å². The SMILES string of the molecule is CC(C)c1ccc(Nc2nnc(SCC(=O)N[C@H](C)c3cccs3)s2)cc1. The first-order chi connectivity index (χ1) is 13.0. The number of hydrogen-bond donors (Lipinski definition) is 2.